The van der Waals surface area contributed by atoms with Crippen molar-refractivity contribution in [3.05, 3.63) is 19.4 Å². The highest BCUT2D eigenvalue weighted by Gasteiger charge is 2.05. The summed E-state index contributed by atoms with van der Waals surface area (Å²) in [5.74, 6) is 0.421. The summed E-state index contributed by atoms with van der Waals surface area (Å²) in [6, 6.07) is 1.90. The molecule has 1 aliphatic heterocycles. The monoisotopic (exact) mass is 107 g/mol. The van der Waals surface area contributed by atoms with Crippen molar-refractivity contribution in [2.24, 2.45) is 4.99 Å². The van der Waals surface area contributed by atoms with Gasteiger partial charge in [0, 0.05) is 0 Å². The van der Waals surface area contributed by atoms with Gasteiger partial charge >= 0.3 is 0 Å². The van der Waals surface area contributed by atoms with Crippen LogP contribution in [0.25, 0.3) is 0 Å². The van der Waals surface area contributed by atoms with Crippen molar-refractivity contribution in [3.8, 4) is 6.07 Å². The van der Waals surface area contributed by atoms with Crippen LogP contribution in [0.3, 0.4) is 0 Å². The van der Waals surface area contributed by atoms with Crippen molar-refractivity contribution < 1.29 is 4.90 Å². The Labute approximate surface area is 47.6 Å². The molecule has 0 aromatic carbocycles. The molecule has 1 rings (SSSR count). The van der Waals surface area contributed by atoms with E-state index in [4.69, 9.17) is 5.26 Å². The molecule has 0 amide bonds. The standard InChI is InChI=1S/C5H5N3/c1-8-3-2-7-5(8)4-6/h2-3,8H,1H2. The van der Waals surface area contributed by atoms with E-state index in [1.54, 1.807) is 12.4 Å². The van der Waals surface area contributed by atoms with Gasteiger partial charge in [-0.15, -0.1) is 7.05 Å². The van der Waals surface area contributed by atoms with Crippen molar-refractivity contribution in [3.63, 3.8) is 0 Å². The largest absolute Gasteiger partial charge is 0.381 e. The molecule has 1 N–H and O–H groups in total. The Morgan fingerprint density at radius 1 is 1.88 bits per heavy atom. The number of amidine groups is 1. The third kappa shape index (κ3) is 0.614. The highest BCUT2D eigenvalue weighted by Crippen LogP contribution is 1.76. The summed E-state index contributed by atoms with van der Waals surface area (Å²) in [4.78, 5) is 4.41. The maximum atomic E-state index is 8.25. The third-order valence-corrected chi connectivity index (χ3v) is 0.889. The fourth-order valence-electron chi connectivity index (χ4n) is 0.464. The summed E-state index contributed by atoms with van der Waals surface area (Å²) in [5, 5.41) is 8.25. The van der Waals surface area contributed by atoms with Gasteiger partial charge in [0.15, 0.2) is 6.07 Å². The molecule has 0 fully saturated rings. The van der Waals surface area contributed by atoms with Gasteiger partial charge in [-0.25, -0.2) is 0 Å². The van der Waals surface area contributed by atoms with Crippen molar-refractivity contribution in [1.82, 2.24) is 0 Å². The summed E-state index contributed by atoms with van der Waals surface area (Å²) in [7, 11) is 3.57. The summed E-state index contributed by atoms with van der Waals surface area (Å²) < 4.78 is 0. The van der Waals surface area contributed by atoms with Crippen LogP contribution in [-0.2, 0) is 0 Å². The lowest BCUT2D eigenvalue weighted by Gasteiger charge is -2.03. The summed E-state index contributed by atoms with van der Waals surface area (Å²) in [6.07, 6.45) is 3.28. The highest BCUT2D eigenvalue weighted by molar-refractivity contribution is 5.90. The van der Waals surface area contributed by atoms with Gasteiger partial charge in [-0.2, -0.15) is 10.3 Å². The Morgan fingerprint density at radius 2 is 2.62 bits per heavy atom. The molecule has 0 aliphatic carbocycles. The lowest BCUT2D eigenvalue weighted by Crippen LogP contribution is -3.03. The molecule has 1 heterocycles. The second-order valence-corrected chi connectivity index (χ2v) is 1.43. The molecule has 1 unspecified atom stereocenters. The van der Waals surface area contributed by atoms with Gasteiger partial charge in [0.1, 0.15) is 0 Å². The van der Waals surface area contributed by atoms with Crippen LogP contribution in [0.4, 0.5) is 0 Å². The molecule has 3 heteroatoms. The molecule has 40 valence electrons. The fraction of sp³-hybridized carbons (Fsp3) is 0. The van der Waals surface area contributed by atoms with E-state index in [1.807, 2.05) is 6.07 Å². The lowest BCUT2D eigenvalue weighted by molar-refractivity contribution is -0.685. The van der Waals surface area contributed by atoms with Gasteiger partial charge in [0.2, 0.25) is 0 Å². The molecular formula is C5H5N3. The number of nitrogens with one attached hydrogen (secondary N) is 1. The van der Waals surface area contributed by atoms with E-state index in [-0.39, 0.29) is 0 Å². The number of rotatable bonds is 0. The molecule has 0 radical (unpaired) electrons. The van der Waals surface area contributed by atoms with Gasteiger partial charge in [-0.05, 0) is 0 Å². The van der Waals surface area contributed by atoms with Gasteiger partial charge in [0.05, 0.1) is 12.4 Å². The van der Waals surface area contributed by atoms with Crippen molar-refractivity contribution in [1.29, 1.82) is 5.26 Å². The number of hydrogen-bond acceptors (Lipinski definition) is 2. The maximum Gasteiger partial charge on any atom is 0.284 e. The molecule has 0 spiro atoms. The van der Waals surface area contributed by atoms with Crippen LogP contribution in [0, 0.1) is 18.4 Å². The normalized spacial score (nSPS) is 25.0. The van der Waals surface area contributed by atoms with Crippen LogP contribution < -0.4 is 4.90 Å². The molecule has 8 heavy (non-hydrogen) atoms. The van der Waals surface area contributed by atoms with Crippen molar-refractivity contribution in [2.45, 2.75) is 0 Å². The first kappa shape index (κ1) is 5.01. The van der Waals surface area contributed by atoms with E-state index in [0.717, 1.165) is 0 Å². The van der Waals surface area contributed by atoms with Gasteiger partial charge < -0.3 is 4.90 Å². The van der Waals surface area contributed by atoms with Crippen LogP contribution >= 0.6 is 0 Å². The summed E-state index contributed by atoms with van der Waals surface area (Å²) in [6.45, 7) is 0. The van der Waals surface area contributed by atoms with Crippen LogP contribution in [0.15, 0.2) is 17.4 Å². The summed E-state index contributed by atoms with van der Waals surface area (Å²) >= 11 is 0. The predicted octanol–water partition coefficient (Wildman–Crippen LogP) is -0.930. The maximum absolute atomic E-state index is 8.25. The first-order valence-electron chi connectivity index (χ1n) is 2.18. The molecule has 0 aromatic heterocycles. The third-order valence-electron chi connectivity index (χ3n) is 0.889. The second-order valence-electron chi connectivity index (χ2n) is 1.43. The molecular weight excluding hydrogens is 102 g/mol. The molecule has 3 nitrogen and oxygen atoms in total. The first-order valence-corrected chi connectivity index (χ1v) is 2.18. The molecule has 0 aromatic rings. The zero-order valence-corrected chi connectivity index (χ0v) is 4.26. The highest BCUT2D eigenvalue weighted by atomic mass is 15.2. The minimum Gasteiger partial charge on any atom is -0.381 e. The topological polar surface area (TPSA) is 40.6 Å². The van der Waals surface area contributed by atoms with Crippen LogP contribution in [-0.4, -0.2) is 5.84 Å². The number of quaternary nitrogens is 1. The number of nitrogens with zero attached hydrogens (tertiary/aromatic N) is 2. The average Bonchev–Trinajstić information content (AvgIpc) is 2.14. The fourth-order valence-corrected chi connectivity index (χ4v) is 0.464. The minimum absolute atomic E-state index is 0.421. The van der Waals surface area contributed by atoms with E-state index in [9.17, 15) is 0 Å². The van der Waals surface area contributed by atoms with Crippen molar-refractivity contribution >= 4 is 5.84 Å². The van der Waals surface area contributed by atoms with E-state index in [1.165, 1.54) is 0 Å². The quantitative estimate of drug-likeness (QED) is 0.399. The van der Waals surface area contributed by atoms with E-state index in [2.05, 4.69) is 12.0 Å². The smallest absolute Gasteiger partial charge is 0.284 e. The number of nitriles is 1. The van der Waals surface area contributed by atoms with Crippen LogP contribution in [0.5, 0.6) is 0 Å². The number of hydrogen-bond donors (Lipinski definition) is 1. The molecule has 0 saturated carbocycles. The Bertz CT molecular complexity index is 184. The number of aliphatic imine (C=N–C) groups is 1. The predicted molar refractivity (Wildman–Crippen MR) is 28.5 cm³/mol. The molecule has 0 saturated heterocycles. The Hall–Kier alpha value is -1.14. The Balaban J connectivity index is 2.77. The van der Waals surface area contributed by atoms with Crippen LogP contribution in [0.1, 0.15) is 0 Å². The van der Waals surface area contributed by atoms with Gasteiger partial charge in [-0.3, -0.25) is 0 Å². The van der Waals surface area contributed by atoms with Crippen LogP contribution in [0.2, 0.25) is 0 Å². The second kappa shape index (κ2) is 1.76. The molecule has 1 atom stereocenters. The van der Waals surface area contributed by atoms with E-state index in [0.29, 0.717) is 10.7 Å². The SMILES string of the molecule is [CH2-][NH+]1C=CN=C1C#N. The van der Waals surface area contributed by atoms with E-state index >= 15 is 0 Å². The lowest BCUT2D eigenvalue weighted by atomic mass is 10.6. The van der Waals surface area contributed by atoms with Crippen molar-refractivity contribution in [2.75, 3.05) is 0 Å². The van der Waals surface area contributed by atoms with Gasteiger partial charge in [0.25, 0.3) is 5.84 Å². The molecule has 0 bridgehead atoms. The first-order chi connectivity index (χ1) is 3.84. The van der Waals surface area contributed by atoms with E-state index < -0.39 is 0 Å². The minimum atomic E-state index is 0.421. The zero-order chi connectivity index (χ0) is 5.98. The molecule has 1 aliphatic rings. The Morgan fingerprint density at radius 3 is 2.88 bits per heavy atom. The average molecular weight is 107 g/mol. The van der Waals surface area contributed by atoms with Gasteiger partial charge in [-0.1, -0.05) is 0 Å². The zero-order valence-electron chi connectivity index (χ0n) is 4.26. The Kier molecular flexibility index (Phi) is 1.10. The summed E-state index contributed by atoms with van der Waals surface area (Å²) in [5.41, 5.74) is 0.